The van der Waals surface area contributed by atoms with Gasteiger partial charge in [0.05, 0.1) is 0 Å². The molecule has 0 atom stereocenters. The Morgan fingerprint density at radius 2 is 1.72 bits per heavy atom. The summed E-state index contributed by atoms with van der Waals surface area (Å²) in [5.74, 6) is 0.0365. The maximum Gasteiger partial charge on any atom is 0.228 e. The molecular formula is C21H24N2O2. The van der Waals surface area contributed by atoms with Crippen LogP contribution in [0, 0.1) is 13.8 Å². The van der Waals surface area contributed by atoms with Crippen molar-refractivity contribution in [1.29, 1.82) is 0 Å². The van der Waals surface area contributed by atoms with Crippen LogP contribution in [0.2, 0.25) is 0 Å². The molecule has 0 aromatic heterocycles. The van der Waals surface area contributed by atoms with Crippen molar-refractivity contribution in [3.05, 3.63) is 59.2 Å². The Bertz CT molecular complexity index is 793. The van der Waals surface area contributed by atoms with Gasteiger partial charge in [-0.05, 0) is 43.0 Å². The summed E-state index contributed by atoms with van der Waals surface area (Å²) in [6.45, 7) is 6.68. The summed E-state index contributed by atoms with van der Waals surface area (Å²) in [6, 6.07) is 14.0. The number of nitrogens with zero attached hydrogens (tertiary/aromatic N) is 2. The summed E-state index contributed by atoms with van der Waals surface area (Å²) in [5, 5.41) is 0. The summed E-state index contributed by atoms with van der Waals surface area (Å²) < 4.78 is 0. The van der Waals surface area contributed by atoms with E-state index < -0.39 is 0 Å². The number of aryl methyl sites for hydroxylation is 2. The number of carbonyl (C=O) groups is 2. The monoisotopic (exact) mass is 336 g/mol. The Morgan fingerprint density at radius 3 is 2.40 bits per heavy atom. The maximum absolute atomic E-state index is 12.7. The molecule has 2 aromatic carbocycles. The van der Waals surface area contributed by atoms with Crippen LogP contribution in [-0.2, 0) is 16.0 Å². The SMILES string of the molecule is CC(=O)N(CCC(=O)N1CCc2ccccc21)c1c(C)cccc1C. The largest absolute Gasteiger partial charge is 0.312 e. The van der Waals surface area contributed by atoms with Crippen LogP contribution in [-0.4, -0.2) is 24.9 Å². The molecule has 1 heterocycles. The van der Waals surface area contributed by atoms with Crippen molar-refractivity contribution in [1.82, 2.24) is 0 Å². The first-order valence-electron chi connectivity index (χ1n) is 8.71. The molecule has 0 saturated heterocycles. The first kappa shape index (κ1) is 17.2. The Balaban J connectivity index is 1.75. The highest BCUT2D eigenvalue weighted by atomic mass is 16.2. The number of carbonyl (C=O) groups excluding carboxylic acids is 2. The van der Waals surface area contributed by atoms with Gasteiger partial charge in [0.15, 0.2) is 0 Å². The van der Waals surface area contributed by atoms with Gasteiger partial charge in [0.2, 0.25) is 11.8 Å². The van der Waals surface area contributed by atoms with E-state index in [0.29, 0.717) is 13.0 Å². The molecule has 0 aliphatic carbocycles. The predicted octanol–water partition coefficient (Wildman–Crippen LogP) is 3.64. The number of anilines is 2. The highest BCUT2D eigenvalue weighted by molar-refractivity contribution is 5.98. The highest BCUT2D eigenvalue weighted by Gasteiger charge is 2.25. The molecular weight excluding hydrogens is 312 g/mol. The lowest BCUT2D eigenvalue weighted by molar-refractivity contribution is -0.118. The molecule has 2 amide bonds. The second kappa shape index (κ2) is 7.09. The van der Waals surface area contributed by atoms with Crippen molar-refractivity contribution in [3.63, 3.8) is 0 Å². The zero-order valence-corrected chi connectivity index (χ0v) is 15.1. The number of fused-ring (bicyclic) bond motifs is 1. The Labute approximate surface area is 149 Å². The molecule has 3 rings (SSSR count). The van der Waals surface area contributed by atoms with Gasteiger partial charge in [0.1, 0.15) is 0 Å². The molecule has 0 N–H and O–H groups in total. The van der Waals surface area contributed by atoms with Gasteiger partial charge in [-0.2, -0.15) is 0 Å². The van der Waals surface area contributed by atoms with E-state index in [2.05, 4.69) is 6.07 Å². The van der Waals surface area contributed by atoms with Crippen LogP contribution in [0.1, 0.15) is 30.0 Å². The molecule has 0 bridgehead atoms. The first-order chi connectivity index (χ1) is 12.0. The molecule has 130 valence electrons. The van der Waals surface area contributed by atoms with Gasteiger partial charge in [0.25, 0.3) is 0 Å². The fraction of sp³-hybridized carbons (Fsp3) is 0.333. The van der Waals surface area contributed by atoms with Crippen LogP contribution in [0.15, 0.2) is 42.5 Å². The number of hydrogen-bond donors (Lipinski definition) is 0. The van der Waals surface area contributed by atoms with Crippen molar-refractivity contribution >= 4 is 23.2 Å². The van der Waals surface area contributed by atoms with Crippen molar-refractivity contribution in [3.8, 4) is 0 Å². The minimum Gasteiger partial charge on any atom is -0.312 e. The van der Waals surface area contributed by atoms with Crippen molar-refractivity contribution in [2.75, 3.05) is 22.9 Å². The van der Waals surface area contributed by atoms with Gasteiger partial charge in [-0.15, -0.1) is 0 Å². The summed E-state index contributed by atoms with van der Waals surface area (Å²) in [6.07, 6.45) is 1.22. The molecule has 0 unspecified atom stereocenters. The molecule has 4 heteroatoms. The summed E-state index contributed by atoms with van der Waals surface area (Å²) >= 11 is 0. The summed E-state index contributed by atoms with van der Waals surface area (Å²) in [7, 11) is 0. The van der Waals surface area contributed by atoms with Crippen molar-refractivity contribution < 1.29 is 9.59 Å². The average Bonchev–Trinajstić information content (AvgIpc) is 3.01. The maximum atomic E-state index is 12.7. The third kappa shape index (κ3) is 3.43. The number of hydrogen-bond acceptors (Lipinski definition) is 2. The zero-order valence-electron chi connectivity index (χ0n) is 15.1. The van der Waals surface area contributed by atoms with E-state index in [-0.39, 0.29) is 11.8 Å². The highest BCUT2D eigenvalue weighted by Crippen LogP contribution is 2.29. The molecule has 0 radical (unpaired) electrons. The number of rotatable bonds is 4. The van der Waals surface area contributed by atoms with Crippen LogP contribution in [0.5, 0.6) is 0 Å². The quantitative estimate of drug-likeness (QED) is 0.855. The van der Waals surface area contributed by atoms with E-state index >= 15 is 0 Å². The zero-order chi connectivity index (χ0) is 18.0. The molecule has 2 aromatic rings. The number of para-hydroxylation sites is 2. The smallest absolute Gasteiger partial charge is 0.228 e. The Morgan fingerprint density at radius 1 is 1.04 bits per heavy atom. The van der Waals surface area contributed by atoms with E-state index in [4.69, 9.17) is 0 Å². The first-order valence-corrected chi connectivity index (χ1v) is 8.71. The second-order valence-electron chi connectivity index (χ2n) is 6.59. The van der Waals surface area contributed by atoms with Crippen molar-refractivity contribution in [2.24, 2.45) is 0 Å². The molecule has 0 fully saturated rings. The second-order valence-corrected chi connectivity index (χ2v) is 6.59. The fourth-order valence-electron chi connectivity index (χ4n) is 3.60. The minimum absolute atomic E-state index is 0.0352. The number of amides is 2. The molecule has 0 spiro atoms. The summed E-state index contributed by atoms with van der Waals surface area (Å²) in [5.41, 5.74) is 5.25. The molecule has 1 aliphatic heterocycles. The Hall–Kier alpha value is -2.62. The number of benzene rings is 2. The van der Waals surface area contributed by atoms with Crippen LogP contribution < -0.4 is 9.80 Å². The standard InChI is InChI=1S/C21H24N2O2/c1-15-7-6-8-16(2)21(15)22(17(3)24)14-12-20(25)23-13-11-18-9-4-5-10-19(18)23/h4-10H,11-14H2,1-3H3. The lowest BCUT2D eigenvalue weighted by atomic mass is 10.1. The van der Waals surface area contributed by atoms with Gasteiger partial charge in [-0.3, -0.25) is 9.59 Å². The topological polar surface area (TPSA) is 40.6 Å². The Kier molecular flexibility index (Phi) is 4.88. The third-order valence-corrected chi connectivity index (χ3v) is 4.83. The molecule has 0 saturated carbocycles. The lowest BCUT2D eigenvalue weighted by Gasteiger charge is -2.26. The van der Waals surface area contributed by atoms with E-state index in [1.807, 2.05) is 55.1 Å². The van der Waals surface area contributed by atoms with E-state index in [1.54, 1.807) is 11.8 Å². The van der Waals surface area contributed by atoms with E-state index in [1.165, 1.54) is 5.56 Å². The van der Waals surface area contributed by atoms with Crippen LogP contribution in [0.3, 0.4) is 0 Å². The summed E-state index contributed by atoms with van der Waals surface area (Å²) in [4.78, 5) is 28.5. The minimum atomic E-state index is -0.0352. The van der Waals surface area contributed by atoms with Crippen LogP contribution >= 0.6 is 0 Å². The van der Waals surface area contributed by atoms with E-state index in [0.717, 1.165) is 35.5 Å². The van der Waals surface area contributed by atoms with Crippen LogP contribution in [0.25, 0.3) is 0 Å². The van der Waals surface area contributed by atoms with Crippen LogP contribution in [0.4, 0.5) is 11.4 Å². The predicted molar refractivity (Wildman–Crippen MR) is 101 cm³/mol. The average molecular weight is 336 g/mol. The normalized spacial score (nSPS) is 12.8. The van der Waals surface area contributed by atoms with E-state index in [9.17, 15) is 9.59 Å². The van der Waals surface area contributed by atoms with Gasteiger partial charge < -0.3 is 9.80 Å². The van der Waals surface area contributed by atoms with Gasteiger partial charge in [0, 0.05) is 37.8 Å². The van der Waals surface area contributed by atoms with Crippen molar-refractivity contribution in [2.45, 2.75) is 33.6 Å². The third-order valence-electron chi connectivity index (χ3n) is 4.83. The fourth-order valence-corrected chi connectivity index (χ4v) is 3.60. The molecule has 4 nitrogen and oxygen atoms in total. The molecule has 1 aliphatic rings. The van der Waals surface area contributed by atoms with Gasteiger partial charge in [-0.25, -0.2) is 0 Å². The van der Waals surface area contributed by atoms with Gasteiger partial charge >= 0.3 is 0 Å². The molecule has 25 heavy (non-hydrogen) atoms. The lowest BCUT2D eigenvalue weighted by Crippen LogP contribution is -2.36. The van der Waals surface area contributed by atoms with Gasteiger partial charge in [-0.1, -0.05) is 36.4 Å².